The van der Waals surface area contributed by atoms with E-state index < -0.39 is 36.0 Å². The van der Waals surface area contributed by atoms with Crippen LogP contribution in [0.4, 0.5) is 4.39 Å². The number of aliphatic hydroxyl groups excluding tert-OH is 2. The third-order valence-electron chi connectivity index (χ3n) is 2.63. The summed E-state index contributed by atoms with van der Waals surface area (Å²) in [4.78, 5) is 24.5. The van der Waals surface area contributed by atoms with E-state index in [1.807, 2.05) is 4.98 Å². The van der Waals surface area contributed by atoms with Gasteiger partial charge < -0.3 is 14.9 Å². The van der Waals surface area contributed by atoms with E-state index in [2.05, 4.69) is 12.3 Å². The highest BCUT2D eigenvalue weighted by atomic mass is 19.1. The van der Waals surface area contributed by atoms with Crippen molar-refractivity contribution >= 4 is 0 Å². The molecule has 1 rings (SSSR count). The molecule has 1 aromatic heterocycles. The molecule has 0 aliphatic heterocycles. The Kier molecular flexibility index (Phi) is 5.18. The summed E-state index contributed by atoms with van der Waals surface area (Å²) in [6.07, 6.45) is -1.55. The summed E-state index contributed by atoms with van der Waals surface area (Å²) in [6, 6.07) is 1.08. The summed E-state index contributed by atoms with van der Waals surface area (Å²) < 4.78 is 19.4. The highest BCUT2D eigenvalue weighted by Gasteiger charge is 2.39. The molecule has 0 amide bonds. The Morgan fingerprint density at radius 2 is 2.35 bits per heavy atom. The maximum atomic E-state index is 13.3. The van der Waals surface area contributed by atoms with Crippen LogP contribution in [0.15, 0.2) is 40.2 Å². The molecule has 20 heavy (non-hydrogen) atoms. The highest BCUT2D eigenvalue weighted by Crippen LogP contribution is 2.24. The molecule has 8 heteroatoms. The van der Waals surface area contributed by atoms with Gasteiger partial charge in [-0.3, -0.25) is 14.3 Å². The fourth-order valence-corrected chi connectivity index (χ4v) is 1.58. The third kappa shape index (κ3) is 3.31. The monoisotopic (exact) mass is 286 g/mol. The first-order valence-electron chi connectivity index (χ1n) is 5.65. The van der Waals surface area contributed by atoms with E-state index >= 15 is 0 Å². The lowest BCUT2D eigenvalue weighted by Crippen LogP contribution is -2.46. The van der Waals surface area contributed by atoms with Crippen molar-refractivity contribution in [3.63, 3.8) is 0 Å². The molecule has 0 bridgehead atoms. The molecule has 0 saturated heterocycles. The minimum Gasteiger partial charge on any atom is -0.393 e. The molecule has 0 aliphatic carbocycles. The Morgan fingerprint density at radius 1 is 1.70 bits per heavy atom. The van der Waals surface area contributed by atoms with Gasteiger partial charge in [-0.05, 0) is 13.0 Å². The molecule has 0 unspecified atom stereocenters. The zero-order valence-corrected chi connectivity index (χ0v) is 10.7. The van der Waals surface area contributed by atoms with Gasteiger partial charge in [-0.15, -0.1) is 5.73 Å². The van der Waals surface area contributed by atoms with Crippen molar-refractivity contribution in [1.29, 1.82) is 0 Å². The molecule has 0 aliphatic rings. The summed E-state index contributed by atoms with van der Waals surface area (Å²) in [5.74, 6) is 0. The standard InChI is InChI=1S/C12H15FN2O5/c1-3-5-12(7-16,10(13)18)20-8(2)15-6-4-9(17)14-11(15)19/h4-6,8,10,16,18H,1,7H2,2H3,(H,14,17,19)/t8-,10-,12-/m1/s1. The first-order chi connectivity index (χ1) is 9.36. The molecule has 7 nitrogen and oxygen atoms in total. The second-order valence-corrected chi connectivity index (χ2v) is 4.03. The van der Waals surface area contributed by atoms with E-state index in [4.69, 9.17) is 9.84 Å². The lowest BCUT2D eigenvalue weighted by Gasteiger charge is -2.32. The number of nitrogens with zero attached hydrogens (tertiary/aromatic N) is 1. The number of hydrogen-bond acceptors (Lipinski definition) is 5. The number of aliphatic hydroxyl groups is 2. The largest absolute Gasteiger partial charge is 0.393 e. The van der Waals surface area contributed by atoms with E-state index in [0.717, 1.165) is 22.9 Å². The molecule has 0 radical (unpaired) electrons. The quantitative estimate of drug-likeness (QED) is 0.608. The predicted molar refractivity (Wildman–Crippen MR) is 67.8 cm³/mol. The zero-order valence-electron chi connectivity index (χ0n) is 10.7. The molecule has 0 spiro atoms. The second-order valence-electron chi connectivity index (χ2n) is 4.03. The van der Waals surface area contributed by atoms with Gasteiger partial charge >= 0.3 is 5.69 Å². The van der Waals surface area contributed by atoms with Crippen molar-refractivity contribution in [2.45, 2.75) is 25.1 Å². The smallest absolute Gasteiger partial charge is 0.330 e. The summed E-state index contributed by atoms with van der Waals surface area (Å²) in [5, 5.41) is 18.3. The molecule has 3 N–H and O–H groups in total. The van der Waals surface area contributed by atoms with Gasteiger partial charge in [0.05, 0.1) is 6.61 Å². The van der Waals surface area contributed by atoms with Crippen LogP contribution >= 0.6 is 0 Å². The fourth-order valence-electron chi connectivity index (χ4n) is 1.58. The van der Waals surface area contributed by atoms with Gasteiger partial charge in [0.1, 0.15) is 6.23 Å². The third-order valence-corrected chi connectivity index (χ3v) is 2.63. The second kappa shape index (κ2) is 6.44. The van der Waals surface area contributed by atoms with Gasteiger partial charge in [-0.25, -0.2) is 9.18 Å². The number of aromatic nitrogens is 2. The summed E-state index contributed by atoms with van der Waals surface area (Å²) in [5.41, 5.74) is -1.25. The number of ether oxygens (including phenoxy) is 1. The van der Waals surface area contributed by atoms with Gasteiger partial charge in [-0.1, -0.05) is 6.58 Å². The van der Waals surface area contributed by atoms with Crippen LogP contribution in [0.3, 0.4) is 0 Å². The van der Waals surface area contributed by atoms with Crippen LogP contribution in [0.25, 0.3) is 0 Å². The molecule has 0 saturated carbocycles. The summed E-state index contributed by atoms with van der Waals surface area (Å²) >= 11 is 0. The Labute approximate surface area is 113 Å². The van der Waals surface area contributed by atoms with Crippen molar-refractivity contribution in [2.75, 3.05) is 6.61 Å². The van der Waals surface area contributed by atoms with E-state index in [1.54, 1.807) is 0 Å². The van der Waals surface area contributed by atoms with Crippen molar-refractivity contribution < 1.29 is 19.3 Å². The van der Waals surface area contributed by atoms with Crippen molar-refractivity contribution in [3.05, 3.63) is 51.5 Å². The minimum absolute atomic E-state index is 0.594. The first kappa shape index (κ1) is 16.1. The zero-order chi connectivity index (χ0) is 15.3. The van der Waals surface area contributed by atoms with Crippen LogP contribution < -0.4 is 11.2 Å². The summed E-state index contributed by atoms with van der Waals surface area (Å²) in [6.45, 7) is 3.70. The molecule has 1 aromatic rings. The molecule has 3 atom stereocenters. The average molecular weight is 286 g/mol. The molecular weight excluding hydrogens is 271 g/mol. The number of rotatable bonds is 6. The Bertz CT molecular complexity index is 617. The fraction of sp³-hybridized carbons (Fsp3) is 0.417. The Morgan fingerprint density at radius 3 is 2.80 bits per heavy atom. The topological polar surface area (TPSA) is 105 Å². The van der Waals surface area contributed by atoms with Crippen LogP contribution in [0, 0.1) is 0 Å². The Balaban J connectivity index is 3.14. The molecular formula is C12H15FN2O5. The van der Waals surface area contributed by atoms with E-state index in [1.165, 1.54) is 6.92 Å². The lowest BCUT2D eigenvalue weighted by atomic mass is 10.1. The van der Waals surface area contributed by atoms with Gasteiger partial charge in [-0.2, -0.15) is 0 Å². The van der Waals surface area contributed by atoms with Crippen molar-refractivity contribution in [1.82, 2.24) is 9.55 Å². The number of hydrogen-bond donors (Lipinski definition) is 3. The van der Waals surface area contributed by atoms with Gasteiger partial charge in [0, 0.05) is 12.3 Å². The normalized spacial score (nSPS) is 16.8. The number of aromatic amines is 1. The lowest BCUT2D eigenvalue weighted by molar-refractivity contribution is -0.201. The molecule has 0 aromatic carbocycles. The number of nitrogens with one attached hydrogen (secondary N) is 1. The van der Waals surface area contributed by atoms with Crippen LogP contribution in [-0.4, -0.2) is 38.3 Å². The van der Waals surface area contributed by atoms with Crippen LogP contribution in [0.1, 0.15) is 13.2 Å². The predicted octanol–water partition coefficient (Wildman–Crippen LogP) is -0.568. The summed E-state index contributed by atoms with van der Waals surface area (Å²) in [7, 11) is 0. The van der Waals surface area contributed by atoms with Crippen molar-refractivity contribution in [3.8, 4) is 0 Å². The number of H-pyrrole nitrogens is 1. The SMILES string of the molecule is C=C=C[C@](CO)(O[C@H](C)n1ccc(=O)[nH]c1=O)[C@@H](O)F. The molecule has 1 heterocycles. The maximum Gasteiger partial charge on any atom is 0.330 e. The first-order valence-corrected chi connectivity index (χ1v) is 5.65. The number of halogens is 1. The molecule has 0 fully saturated rings. The van der Waals surface area contributed by atoms with E-state index in [-0.39, 0.29) is 0 Å². The van der Waals surface area contributed by atoms with Crippen LogP contribution in [0.5, 0.6) is 0 Å². The van der Waals surface area contributed by atoms with Crippen LogP contribution in [0.2, 0.25) is 0 Å². The molecule has 110 valence electrons. The number of alkyl halides is 1. The Hall–Kier alpha value is -1.99. The van der Waals surface area contributed by atoms with Crippen LogP contribution in [-0.2, 0) is 4.74 Å². The average Bonchev–Trinajstić information content (AvgIpc) is 2.37. The van der Waals surface area contributed by atoms with E-state index in [9.17, 15) is 19.1 Å². The maximum absolute atomic E-state index is 13.3. The van der Waals surface area contributed by atoms with Crippen molar-refractivity contribution in [2.24, 2.45) is 0 Å². The van der Waals surface area contributed by atoms with Gasteiger partial charge in [0.25, 0.3) is 5.56 Å². The van der Waals surface area contributed by atoms with Gasteiger partial charge in [0.15, 0.2) is 5.60 Å². The minimum atomic E-state index is -2.55. The van der Waals surface area contributed by atoms with E-state index in [0.29, 0.717) is 0 Å². The van der Waals surface area contributed by atoms with Gasteiger partial charge in [0.2, 0.25) is 6.36 Å². The highest BCUT2D eigenvalue weighted by molar-refractivity contribution is 5.03.